The second-order valence-corrected chi connectivity index (χ2v) is 4.71. The number of hydrogen-bond acceptors (Lipinski definition) is 2. The van der Waals surface area contributed by atoms with Crippen LogP contribution in [0.1, 0.15) is 37.9 Å². The van der Waals surface area contributed by atoms with Crippen molar-refractivity contribution in [3.8, 4) is 0 Å². The van der Waals surface area contributed by atoms with E-state index in [0.717, 1.165) is 6.42 Å². The molecule has 14 heavy (non-hydrogen) atoms. The molecular formula is C12H15NS. The monoisotopic (exact) mass is 205 g/mol. The second kappa shape index (κ2) is 3.70. The average molecular weight is 205 g/mol. The molecule has 0 saturated carbocycles. The lowest BCUT2D eigenvalue weighted by molar-refractivity contribution is 0.849. The van der Waals surface area contributed by atoms with E-state index in [1.807, 2.05) is 0 Å². The highest BCUT2D eigenvalue weighted by Gasteiger charge is 2.09. The lowest BCUT2D eigenvalue weighted by Crippen LogP contribution is -1.87. The van der Waals surface area contributed by atoms with Crippen LogP contribution < -0.4 is 0 Å². The molecule has 0 amide bonds. The third-order valence-electron chi connectivity index (χ3n) is 2.52. The van der Waals surface area contributed by atoms with Gasteiger partial charge in [0.2, 0.25) is 0 Å². The van der Waals surface area contributed by atoms with Gasteiger partial charge < -0.3 is 0 Å². The molecule has 2 rings (SSSR count). The Balaban J connectivity index is 2.63. The quantitative estimate of drug-likeness (QED) is 0.722. The van der Waals surface area contributed by atoms with Crippen molar-refractivity contribution >= 4 is 21.6 Å². The minimum absolute atomic E-state index is 0.524. The van der Waals surface area contributed by atoms with Crippen molar-refractivity contribution in [3.63, 3.8) is 0 Å². The molecule has 0 aliphatic rings. The van der Waals surface area contributed by atoms with Gasteiger partial charge in [-0.15, -0.1) is 0 Å². The highest BCUT2D eigenvalue weighted by molar-refractivity contribution is 7.13. The normalized spacial score (nSPS) is 11.4. The molecule has 0 aliphatic carbocycles. The lowest BCUT2D eigenvalue weighted by Gasteiger charge is -2.01. The number of nitrogens with zero attached hydrogens (tertiary/aromatic N) is 1. The first-order chi connectivity index (χ1) is 6.72. The first kappa shape index (κ1) is 9.66. The SMILES string of the molecule is CCc1ccc2snc(C(C)C)c2c1. The molecule has 2 heteroatoms. The van der Waals surface area contributed by atoms with E-state index in [4.69, 9.17) is 0 Å². The summed E-state index contributed by atoms with van der Waals surface area (Å²) >= 11 is 1.61. The van der Waals surface area contributed by atoms with Gasteiger partial charge in [0.05, 0.1) is 10.4 Å². The Morgan fingerprint density at radius 1 is 1.36 bits per heavy atom. The van der Waals surface area contributed by atoms with Crippen molar-refractivity contribution < 1.29 is 0 Å². The van der Waals surface area contributed by atoms with Gasteiger partial charge in [0.25, 0.3) is 0 Å². The summed E-state index contributed by atoms with van der Waals surface area (Å²) in [7, 11) is 0. The van der Waals surface area contributed by atoms with Crippen LogP contribution in [0.4, 0.5) is 0 Å². The van der Waals surface area contributed by atoms with Crippen LogP contribution in [0.3, 0.4) is 0 Å². The third kappa shape index (κ3) is 1.55. The minimum Gasteiger partial charge on any atom is -0.196 e. The number of aromatic nitrogens is 1. The standard InChI is InChI=1S/C12H15NS/c1-4-9-5-6-11-10(7-9)12(8(2)3)13-14-11/h5-8H,4H2,1-3H3. The van der Waals surface area contributed by atoms with Crippen LogP contribution in [0.5, 0.6) is 0 Å². The fraction of sp³-hybridized carbons (Fsp3) is 0.417. The van der Waals surface area contributed by atoms with Crippen LogP contribution in [0, 0.1) is 0 Å². The number of aryl methyl sites for hydroxylation is 1. The van der Waals surface area contributed by atoms with Crippen molar-refractivity contribution in [2.45, 2.75) is 33.1 Å². The summed E-state index contributed by atoms with van der Waals surface area (Å²) < 4.78 is 5.82. The maximum atomic E-state index is 4.51. The van der Waals surface area contributed by atoms with Gasteiger partial charge in [-0.2, -0.15) is 4.37 Å². The summed E-state index contributed by atoms with van der Waals surface area (Å²) in [6.07, 6.45) is 1.10. The molecule has 0 unspecified atom stereocenters. The maximum absolute atomic E-state index is 4.51. The highest BCUT2D eigenvalue weighted by Crippen LogP contribution is 2.28. The Morgan fingerprint density at radius 2 is 2.14 bits per heavy atom. The molecule has 0 saturated heterocycles. The molecule has 1 aromatic carbocycles. The lowest BCUT2D eigenvalue weighted by atomic mass is 10.0. The Morgan fingerprint density at radius 3 is 2.79 bits per heavy atom. The molecule has 1 nitrogen and oxygen atoms in total. The van der Waals surface area contributed by atoms with E-state index in [0.29, 0.717) is 5.92 Å². The summed E-state index contributed by atoms with van der Waals surface area (Å²) in [6, 6.07) is 6.68. The molecule has 1 aromatic heterocycles. The van der Waals surface area contributed by atoms with Crippen LogP contribution in [0.25, 0.3) is 10.1 Å². The zero-order chi connectivity index (χ0) is 10.1. The Bertz CT molecular complexity index is 443. The van der Waals surface area contributed by atoms with E-state index in [2.05, 4.69) is 43.3 Å². The van der Waals surface area contributed by atoms with E-state index >= 15 is 0 Å². The van der Waals surface area contributed by atoms with Gasteiger partial charge >= 0.3 is 0 Å². The first-order valence-electron chi connectivity index (χ1n) is 5.10. The van der Waals surface area contributed by atoms with E-state index in [9.17, 15) is 0 Å². The van der Waals surface area contributed by atoms with Gasteiger partial charge in [0.1, 0.15) is 0 Å². The molecule has 0 atom stereocenters. The molecule has 0 N–H and O–H groups in total. The van der Waals surface area contributed by atoms with Crippen molar-refractivity contribution in [1.82, 2.24) is 4.37 Å². The Hall–Kier alpha value is -0.890. The largest absolute Gasteiger partial charge is 0.196 e. The molecule has 1 heterocycles. The highest BCUT2D eigenvalue weighted by atomic mass is 32.1. The van der Waals surface area contributed by atoms with Crippen molar-refractivity contribution in [2.75, 3.05) is 0 Å². The number of hydrogen-bond donors (Lipinski definition) is 0. The van der Waals surface area contributed by atoms with E-state index in [1.165, 1.54) is 21.3 Å². The molecule has 0 aliphatic heterocycles. The first-order valence-corrected chi connectivity index (χ1v) is 5.88. The fourth-order valence-corrected chi connectivity index (χ4v) is 2.54. The van der Waals surface area contributed by atoms with Crippen LogP contribution in [0.15, 0.2) is 18.2 Å². The predicted octanol–water partition coefficient (Wildman–Crippen LogP) is 3.98. The van der Waals surface area contributed by atoms with Crippen LogP contribution in [-0.4, -0.2) is 4.37 Å². The molecule has 2 aromatic rings. The van der Waals surface area contributed by atoms with Crippen molar-refractivity contribution in [2.24, 2.45) is 0 Å². The molecule has 0 bridgehead atoms. The minimum atomic E-state index is 0.524. The fourth-order valence-electron chi connectivity index (χ4n) is 1.64. The van der Waals surface area contributed by atoms with Crippen LogP contribution in [-0.2, 0) is 6.42 Å². The molecule has 0 spiro atoms. The van der Waals surface area contributed by atoms with Gasteiger partial charge in [-0.1, -0.05) is 26.8 Å². The Kier molecular flexibility index (Phi) is 2.55. The summed E-state index contributed by atoms with van der Waals surface area (Å²) in [5.41, 5.74) is 2.65. The predicted molar refractivity (Wildman–Crippen MR) is 63.1 cm³/mol. The van der Waals surface area contributed by atoms with Gasteiger partial charge in [-0.05, 0) is 41.6 Å². The number of fused-ring (bicyclic) bond motifs is 1. The summed E-state index contributed by atoms with van der Waals surface area (Å²) in [5, 5.41) is 1.35. The zero-order valence-electron chi connectivity index (χ0n) is 8.87. The van der Waals surface area contributed by atoms with Gasteiger partial charge in [0.15, 0.2) is 0 Å². The van der Waals surface area contributed by atoms with Gasteiger partial charge in [-0.3, -0.25) is 0 Å². The summed E-state index contributed by atoms with van der Waals surface area (Å²) in [6.45, 7) is 6.59. The van der Waals surface area contributed by atoms with Gasteiger partial charge in [-0.25, -0.2) is 0 Å². The van der Waals surface area contributed by atoms with Crippen LogP contribution in [0.2, 0.25) is 0 Å². The van der Waals surface area contributed by atoms with Gasteiger partial charge in [0, 0.05) is 5.39 Å². The zero-order valence-corrected chi connectivity index (χ0v) is 9.69. The van der Waals surface area contributed by atoms with E-state index in [-0.39, 0.29) is 0 Å². The Labute approximate surface area is 88.9 Å². The molecule has 0 radical (unpaired) electrons. The average Bonchev–Trinajstić information content (AvgIpc) is 2.59. The van der Waals surface area contributed by atoms with Crippen molar-refractivity contribution in [1.29, 1.82) is 0 Å². The summed E-state index contributed by atoms with van der Waals surface area (Å²) in [5.74, 6) is 0.524. The molecule has 0 fully saturated rings. The second-order valence-electron chi connectivity index (χ2n) is 3.91. The summed E-state index contributed by atoms with van der Waals surface area (Å²) in [4.78, 5) is 0. The van der Waals surface area contributed by atoms with E-state index in [1.54, 1.807) is 11.5 Å². The molecule has 74 valence electrons. The smallest absolute Gasteiger partial charge is 0.0646 e. The van der Waals surface area contributed by atoms with Crippen molar-refractivity contribution in [3.05, 3.63) is 29.5 Å². The molecular weight excluding hydrogens is 190 g/mol. The van der Waals surface area contributed by atoms with Crippen LogP contribution >= 0.6 is 11.5 Å². The number of rotatable bonds is 2. The maximum Gasteiger partial charge on any atom is 0.0646 e. The third-order valence-corrected chi connectivity index (χ3v) is 3.36. The number of benzene rings is 1. The topological polar surface area (TPSA) is 12.9 Å². The van der Waals surface area contributed by atoms with E-state index < -0.39 is 0 Å².